The van der Waals surface area contributed by atoms with Gasteiger partial charge in [-0.05, 0) is 37.8 Å². The van der Waals surface area contributed by atoms with E-state index in [-0.39, 0.29) is 23.0 Å². The molecular formula is C16H17O6-. The normalized spacial score (nSPS) is 19.4. The van der Waals surface area contributed by atoms with Crippen LogP contribution in [-0.2, 0) is 4.79 Å². The predicted molar refractivity (Wildman–Crippen MR) is 74.0 cm³/mol. The molecule has 0 amide bonds. The molecule has 0 atom stereocenters. The number of carbonyl (C=O) groups excluding carboxylic acids is 2. The van der Waals surface area contributed by atoms with Crippen molar-refractivity contribution >= 4 is 11.8 Å². The third-order valence-corrected chi connectivity index (χ3v) is 4.29. The number of aromatic hydroxyl groups is 1. The second-order valence-corrected chi connectivity index (χ2v) is 5.90. The second-order valence-electron chi connectivity index (χ2n) is 5.90. The van der Waals surface area contributed by atoms with Crippen LogP contribution in [0.4, 0.5) is 0 Å². The maximum absolute atomic E-state index is 12.4. The first kappa shape index (κ1) is 14.7. The molecular weight excluding hydrogens is 288 g/mol. The van der Waals surface area contributed by atoms with Gasteiger partial charge in [-0.3, -0.25) is 4.79 Å². The van der Waals surface area contributed by atoms with Crippen molar-refractivity contribution in [2.45, 2.75) is 44.1 Å². The minimum atomic E-state index is -1.41. The van der Waals surface area contributed by atoms with E-state index in [0.717, 1.165) is 32.1 Å². The zero-order chi connectivity index (χ0) is 15.7. The zero-order valence-electron chi connectivity index (χ0n) is 12.1. The quantitative estimate of drug-likeness (QED) is 0.901. The van der Waals surface area contributed by atoms with Crippen LogP contribution in [0.15, 0.2) is 12.1 Å². The molecule has 1 heterocycles. The minimum absolute atomic E-state index is 0.0681. The lowest BCUT2D eigenvalue weighted by atomic mass is 9.78. The SMILES string of the molecule is O=C([O-])COc1c(O)ccc2c1OC1(CCCCC1)CC2=O. The van der Waals surface area contributed by atoms with Crippen molar-refractivity contribution < 1.29 is 29.3 Å². The van der Waals surface area contributed by atoms with Crippen LogP contribution >= 0.6 is 0 Å². The number of hydrogen-bond acceptors (Lipinski definition) is 6. The number of ether oxygens (including phenoxy) is 2. The van der Waals surface area contributed by atoms with Gasteiger partial charge in [0, 0.05) is 0 Å². The molecule has 0 bridgehead atoms. The lowest BCUT2D eigenvalue weighted by Crippen LogP contribution is -2.43. The smallest absolute Gasteiger partial charge is 0.204 e. The zero-order valence-corrected chi connectivity index (χ0v) is 12.1. The highest BCUT2D eigenvalue weighted by Gasteiger charge is 2.43. The highest BCUT2D eigenvalue weighted by atomic mass is 16.5. The Morgan fingerprint density at radius 3 is 2.73 bits per heavy atom. The number of phenolic OH excluding ortho intramolecular Hbond substituents is 1. The van der Waals surface area contributed by atoms with Crippen LogP contribution in [0.1, 0.15) is 48.9 Å². The Labute approximate surface area is 127 Å². The molecule has 118 valence electrons. The van der Waals surface area contributed by atoms with Crippen molar-refractivity contribution in [1.82, 2.24) is 0 Å². The highest BCUT2D eigenvalue weighted by Crippen LogP contribution is 2.48. The molecule has 1 N–H and O–H groups in total. The van der Waals surface area contributed by atoms with E-state index in [0.29, 0.717) is 12.0 Å². The molecule has 1 spiro atoms. The van der Waals surface area contributed by atoms with E-state index in [1.165, 1.54) is 12.1 Å². The molecule has 6 heteroatoms. The van der Waals surface area contributed by atoms with E-state index in [1.54, 1.807) is 0 Å². The largest absolute Gasteiger partial charge is 0.546 e. The second kappa shape index (κ2) is 5.51. The van der Waals surface area contributed by atoms with Gasteiger partial charge in [0.2, 0.25) is 5.75 Å². The van der Waals surface area contributed by atoms with E-state index >= 15 is 0 Å². The van der Waals surface area contributed by atoms with Gasteiger partial charge in [0.05, 0.1) is 18.0 Å². The summed E-state index contributed by atoms with van der Waals surface area (Å²) < 4.78 is 11.1. The Bertz CT molecular complexity index is 615. The van der Waals surface area contributed by atoms with E-state index < -0.39 is 18.2 Å². The molecule has 3 rings (SSSR count). The fourth-order valence-corrected chi connectivity index (χ4v) is 3.26. The molecule has 1 aromatic rings. The number of hydrogen-bond donors (Lipinski definition) is 1. The summed E-state index contributed by atoms with van der Waals surface area (Å²) in [7, 11) is 0. The molecule has 2 aliphatic rings. The van der Waals surface area contributed by atoms with Crippen LogP contribution < -0.4 is 14.6 Å². The topological polar surface area (TPSA) is 95.9 Å². The molecule has 1 aliphatic heterocycles. The molecule has 0 saturated heterocycles. The number of fused-ring (bicyclic) bond motifs is 1. The molecule has 1 aliphatic carbocycles. The summed E-state index contributed by atoms with van der Waals surface area (Å²) in [5.74, 6) is -1.67. The monoisotopic (exact) mass is 305 g/mol. The number of benzene rings is 1. The fourth-order valence-electron chi connectivity index (χ4n) is 3.26. The molecule has 1 saturated carbocycles. The highest BCUT2D eigenvalue weighted by molar-refractivity contribution is 6.01. The Morgan fingerprint density at radius 2 is 2.05 bits per heavy atom. The summed E-state index contributed by atoms with van der Waals surface area (Å²) in [4.78, 5) is 23.0. The number of carbonyl (C=O) groups is 2. The van der Waals surface area contributed by atoms with Gasteiger partial charge in [-0.25, -0.2) is 0 Å². The van der Waals surface area contributed by atoms with E-state index in [9.17, 15) is 19.8 Å². The van der Waals surface area contributed by atoms with E-state index in [4.69, 9.17) is 9.47 Å². The summed E-state index contributed by atoms with van der Waals surface area (Å²) in [5.41, 5.74) is -0.238. The van der Waals surface area contributed by atoms with Gasteiger partial charge in [0.25, 0.3) is 0 Å². The molecule has 6 nitrogen and oxygen atoms in total. The molecule has 0 aromatic heterocycles. The summed E-state index contributed by atoms with van der Waals surface area (Å²) in [6.07, 6.45) is 4.93. The Morgan fingerprint density at radius 1 is 1.32 bits per heavy atom. The van der Waals surface area contributed by atoms with Gasteiger partial charge in [-0.2, -0.15) is 0 Å². The number of Topliss-reactive ketones (excluding diaryl/α,β-unsaturated/α-hetero) is 1. The van der Waals surface area contributed by atoms with Crippen molar-refractivity contribution in [3.05, 3.63) is 17.7 Å². The molecule has 0 radical (unpaired) electrons. The maximum atomic E-state index is 12.4. The molecule has 1 fully saturated rings. The van der Waals surface area contributed by atoms with Gasteiger partial charge in [0.1, 0.15) is 12.2 Å². The average Bonchev–Trinajstić information content (AvgIpc) is 2.46. The van der Waals surface area contributed by atoms with Crippen LogP contribution in [0.3, 0.4) is 0 Å². The molecule has 0 unspecified atom stereocenters. The van der Waals surface area contributed by atoms with Crippen LogP contribution in [0, 0.1) is 0 Å². The van der Waals surface area contributed by atoms with Gasteiger partial charge >= 0.3 is 0 Å². The summed E-state index contributed by atoms with van der Waals surface area (Å²) >= 11 is 0. The third kappa shape index (κ3) is 2.61. The predicted octanol–water partition coefficient (Wildman–Crippen LogP) is 1.19. The van der Waals surface area contributed by atoms with Crippen molar-refractivity contribution in [1.29, 1.82) is 0 Å². The van der Waals surface area contributed by atoms with Crippen molar-refractivity contribution in [2.75, 3.05) is 6.61 Å². The Balaban J connectivity index is 1.99. The molecule has 1 aromatic carbocycles. The summed E-state index contributed by atoms with van der Waals surface area (Å²) in [6.45, 7) is -0.714. The Hall–Kier alpha value is -2.24. The van der Waals surface area contributed by atoms with Crippen LogP contribution in [0.25, 0.3) is 0 Å². The van der Waals surface area contributed by atoms with Crippen LogP contribution in [0.2, 0.25) is 0 Å². The number of rotatable bonds is 3. The standard InChI is InChI=1S/C16H18O6/c17-11-5-4-10-12(18)8-16(6-2-1-3-7-16)22-14(10)15(11)21-9-13(19)20/h4-5,17H,1-3,6-9H2,(H,19,20)/p-1. The third-order valence-electron chi connectivity index (χ3n) is 4.29. The lowest BCUT2D eigenvalue weighted by molar-refractivity contribution is -0.307. The number of ketones is 1. The number of carboxylic acid groups (broad SMARTS) is 1. The number of carboxylic acids is 1. The van der Waals surface area contributed by atoms with Gasteiger partial charge in [0.15, 0.2) is 17.3 Å². The first-order chi connectivity index (χ1) is 10.5. The van der Waals surface area contributed by atoms with Gasteiger partial charge in [-0.15, -0.1) is 0 Å². The first-order valence-corrected chi connectivity index (χ1v) is 7.42. The van der Waals surface area contributed by atoms with Crippen molar-refractivity contribution in [2.24, 2.45) is 0 Å². The lowest BCUT2D eigenvalue weighted by Gasteiger charge is -2.41. The van der Waals surface area contributed by atoms with Gasteiger partial charge in [-0.1, -0.05) is 6.42 Å². The summed E-state index contributed by atoms with van der Waals surface area (Å²) in [5, 5.41) is 20.5. The molecule has 22 heavy (non-hydrogen) atoms. The Kier molecular flexibility index (Phi) is 3.68. The van der Waals surface area contributed by atoms with Crippen molar-refractivity contribution in [3.8, 4) is 17.2 Å². The van der Waals surface area contributed by atoms with Crippen LogP contribution in [0.5, 0.6) is 17.2 Å². The average molecular weight is 305 g/mol. The van der Waals surface area contributed by atoms with Crippen molar-refractivity contribution in [3.63, 3.8) is 0 Å². The van der Waals surface area contributed by atoms with Gasteiger partial charge < -0.3 is 24.5 Å². The minimum Gasteiger partial charge on any atom is -0.546 e. The number of phenols is 1. The maximum Gasteiger partial charge on any atom is 0.204 e. The number of aliphatic carboxylic acids is 1. The summed E-state index contributed by atoms with van der Waals surface area (Å²) in [6, 6.07) is 2.79. The fraction of sp³-hybridized carbons (Fsp3) is 0.500. The first-order valence-electron chi connectivity index (χ1n) is 7.42. The van der Waals surface area contributed by atoms with Crippen LogP contribution in [-0.4, -0.2) is 29.1 Å². The van der Waals surface area contributed by atoms with E-state index in [1.807, 2.05) is 0 Å². The van der Waals surface area contributed by atoms with E-state index in [2.05, 4.69) is 0 Å².